The number of hydrogen-bond donors (Lipinski definition) is 3. The summed E-state index contributed by atoms with van der Waals surface area (Å²) in [5.41, 5.74) is 0.626. The van der Waals surface area contributed by atoms with Crippen molar-refractivity contribution in [1.29, 1.82) is 0 Å². The van der Waals surface area contributed by atoms with Gasteiger partial charge < -0.3 is 20.1 Å². The summed E-state index contributed by atoms with van der Waals surface area (Å²) in [5, 5.41) is 12.9. The number of nitrogens with one attached hydrogen (secondary N) is 2. The van der Waals surface area contributed by atoms with E-state index in [2.05, 4.69) is 15.0 Å². The van der Waals surface area contributed by atoms with E-state index in [1.807, 2.05) is 13.0 Å². The summed E-state index contributed by atoms with van der Waals surface area (Å²) in [7, 11) is 1.35. The maximum absolute atomic E-state index is 11.2. The smallest absolute Gasteiger partial charge is 0.354 e. The molecule has 96 valence electrons. The van der Waals surface area contributed by atoms with Crippen molar-refractivity contribution < 1.29 is 14.6 Å². The van der Waals surface area contributed by atoms with Crippen LogP contribution in [0.1, 0.15) is 36.5 Å². The number of carbonyl (C=O) groups is 1. The topological polar surface area (TPSA) is 74.3 Å². The van der Waals surface area contributed by atoms with Gasteiger partial charge in [-0.2, -0.15) is 0 Å². The maximum Gasteiger partial charge on any atom is 0.354 e. The van der Waals surface area contributed by atoms with Crippen molar-refractivity contribution in [1.82, 2.24) is 10.3 Å². The Morgan fingerprint density at radius 3 is 2.88 bits per heavy atom. The second-order valence-corrected chi connectivity index (χ2v) is 4.34. The van der Waals surface area contributed by atoms with Gasteiger partial charge in [0, 0.05) is 18.8 Å². The van der Waals surface area contributed by atoms with Gasteiger partial charge in [0.15, 0.2) is 0 Å². The van der Waals surface area contributed by atoms with Crippen LogP contribution in [0.4, 0.5) is 0 Å². The Kier molecular flexibility index (Phi) is 4.72. The molecule has 1 atom stereocenters. The zero-order valence-electron chi connectivity index (χ0n) is 10.5. The minimum atomic E-state index is -0.697. The minimum Gasteiger partial charge on any atom is -0.464 e. The third kappa shape index (κ3) is 4.20. The van der Waals surface area contributed by atoms with Crippen molar-refractivity contribution >= 4 is 5.97 Å². The van der Waals surface area contributed by atoms with E-state index in [1.165, 1.54) is 7.11 Å². The summed E-state index contributed by atoms with van der Waals surface area (Å²) in [5.74, 6) is -0.378. The van der Waals surface area contributed by atoms with Crippen LogP contribution >= 0.6 is 0 Å². The highest BCUT2D eigenvalue weighted by atomic mass is 16.5. The standard InChI is InChI=1S/C12H20N2O3/c1-4-12(2,16)8-13-7-9-5-6-10(14-9)11(15)17-3/h5-6,13-14,16H,4,7-8H2,1-3H3. The van der Waals surface area contributed by atoms with Crippen molar-refractivity contribution in [3.8, 4) is 0 Å². The zero-order chi connectivity index (χ0) is 12.9. The molecule has 0 aliphatic heterocycles. The Balaban J connectivity index is 2.43. The quantitative estimate of drug-likeness (QED) is 0.650. The number of esters is 1. The van der Waals surface area contributed by atoms with Crippen molar-refractivity contribution in [2.45, 2.75) is 32.4 Å². The average Bonchev–Trinajstić information content (AvgIpc) is 2.76. The molecule has 1 aromatic rings. The minimum absolute atomic E-state index is 0.378. The number of aromatic amines is 1. The van der Waals surface area contributed by atoms with Gasteiger partial charge in [0.2, 0.25) is 0 Å². The lowest BCUT2D eigenvalue weighted by Crippen LogP contribution is -2.36. The Bertz CT molecular complexity index is 372. The van der Waals surface area contributed by atoms with Crippen LogP contribution in [-0.2, 0) is 11.3 Å². The molecule has 0 saturated heterocycles. The molecular formula is C12H20N2O3. The molecule has 1 rings (SSSR count). The molecule has 0 spiro atoms. The van der Waals surface area contributed by atoms with Crippen molar-refractivity contribution in [3.05, 3.63) is 23.5 Å². The van der Waals surface area contributed by atoms with Crippen LogP contribution in [0.25, 0.3) is 0 Å². The fourth-order valence-electron chi connectivity index (χ4n) is 1.36. The first-order valence-electron chi connectivity index (χ1n) is 5.68. The van der Waals surface area contributed by atoms with Crippen LogP contribution in [0.5, 0.6) is 0 Å². The van der Waals surface area contributed by atoms with Gasteiger partial charge in [0.1, 0.15) is 5.69 Å². The fourth-order valence-corrected chi connectivity index (χ4v) is 1.36. The van der Waals surface area contributed by atoms with Crippen molar-refractivity contribution in [2.75, 3.05) is 13.7 Å². The number of aromatic nitrogens is 1. The zero-order valence-corrected chi connectivity index (χ0v) is 10.5. The molecule has 3 N–H and O–H groups in total. The molecule has 1 unspecified atom stereocenters. The Morgan fingerprint density at radius 2 is 2.29 bits per heavy atom. The highest BCUT2D eigenvalue weighted by Crippen LogP contribution is 2.07. The lowest BCUT2D eigenvalue weighted by molar-refractivity contribution is 0.0552. The Morgan fingerprint density at radius 1 is 1.59 bits per heavy atom. The van der Waals surface area contributed by atoms with E-state index in [0.29, 0.717) is 25.2 Å². The molecule has 5 heteroatoms. The summed E-state index contributed by atoms with van der Waals surface area (Å²) >= 11 is 0. The third-order valence-corrected chi connectivity index (χ3v) is 2.73. The SMILES string of the molecule is CCC(C)(O)CNCc1ccc(C(=O)OC)[nH]1. The monoisotopic (exact) mass is 240 g/mol. The van der Waals surface area contributed by atoms with E-state index in [-0.39, 0.29) is 5.97 Å². The summed E-state index contributed by atoms with van der Waals surface area (Å²) in [4.78, 5) is 14.1. The van der Waals surface area contributed by atoms with Crippen LogP contribution in [0.3, 0.4) is 0 Å². The largest absolute Gasteiger partial charge is 0.464 e. The van der Waals surface area contributed by atoms with E-state index in [9.17, 15) is 9.90 Å². The number of H-pyrrole nitrogens is 1. The van der Waals surface area contributed by atoms with Crippen molar-refractivity contribution in [3.63, 3.8) is 0 Å². The number of methoxy groups -OCH3 is 1. The fraction of sp³-hybridized carbons (Fsp3) is 0.583. The van der Waals surface area contributed by atoms with Gasteiger partial charge in [-0.25, -0.2) is 4.79 Å². The van der Waals surface area contributed by atoms with Gasteiger partial charge in [-0.15, -0.1) is 0 Å². The van der Waals surface area contributed by atoms with Gasteiger partial charge >= 0.3 is 5.97 Å². The Labute approximate surface area is 101 Å². The average molecular weight is 240 g/mol. The highest BCUT2D eigenvalue weighted by molar-refractivity contribution is 5.87. The normalized spacial score (nSPS) is 14.4. The summed E-state index contributed by atoms with van der Waals surface area (Å²) < 4.78 is 4.60. The van der Waals surface area contributed by atoms with Crippen LogP contribution in [-0.4, -0.2) is 35.3 Å². The van der Waals surface area contributed by atoms with Crippen LogP contribution in [0.2, 0.25) is 0 Å². The summed E-state index contributed by atoms with van der Waals surface area (Å²) in [6, 6.07) is 3.50. The number of rotatable bonds is 6. The van der Waals surface area contributed by atoms with Crippen LogP contribution in [0.15, 0.2) is 12.1 Å². The first-order valence-corrected chi connectivity index (χ1v) is 5.68. The second kappa shape index (κ2) is 5.84. The molecule has 0 bridgehead atoms. The van der Waals surface area contributed by atoms with E-state index >= 15 is 0 Å². The third-order valence-electron chi connectivity index (χ3n) is 2.73. The lowest BCUT2D eigenvalue weighted by atomic mass is 10.0. The maximum atomic E-state index is 11.2. The molecule has 0 radical (unpaired) electrons. The number of hydrogen-bond acceptors (Lipinski definition) is 4. The summed E-state index contributed by atoms with van der Waals surface area (Å²) in [6.45, 7) is 4.81. The van der Waals surface area contributed by atoms with Crippen LogP contribution < -0.4 is 5.32 Å². The second-order valence-electron chi connectivity index (χ2n) is 4.34. The van der Waals surface area contributed by atoms with Crippen LogP contribution in [0, 0.1) is 0 Å². The van der Waals surface area contributed by atoms with E-state index in [0.717, 1.165) is 5.69 Å². The number of ether oxygens (including phenoxy) is 1. The first-order chi connectivity index (χ1) is 7.98. The molecule has 0 aromatic carbocycles. The van der Waals surface area contributed by atoms with E-state index in [4.69, 9.17) is 0 Å². The molecule has 1 aromatic heterocycles. The molecule has 0 saturated carbocycles. The van der Waals surface area contributed by atoms with E-state index in [1.54, 1.807) is 13.0 Å². The molecule has 5 nitrogen and oxygen atoms in total. The predicted molar refractivity (Wildman–Crippen MR) is 64.8 cm³/mol. The van der Waals surface area contributed by atoms with Gasteiger partial charge in [0.25, 0.3) is 0 Å². The molecule has 0 aliphatic rings. The number of carbonyl (C=O) groups excluding carboxylic acids is 1. The lowest BCUT2D eigenvalue weighted by Gasteiger charge is -2.21. The van der Waals surface area contributed by atoms with Gasteiger partial charge in [-0.05, 0) is 25.5 Å². The van der Waals surface area contributed by atoms with Gasteiger partial charge in [-0.3, -0.25) is 0 Å². The molecule has 0 amide bonds. The predicted octanol–water partition coefficient (Wildman–Crippen LogP) is 1.05. The summed E-state index contributed by atoms with van der Waals surface area (Å²) in [6.07, 6.45) is 0.693. The van der Waals surface area contributed by atoms with Gasteiger partial charge in [-0.1, -0.05) is 6.92 Å². The Hall–Kier alpha value is -1.33. The molecule has 17 heavy (non-hydrogen) atoms. The van der Waals surface area contributed by atoms with E-state index < -0.39 is 5.60 Å². The van der Waals surface area contributed by atoms with Crippen molar-refractivity contribution in [2.24, 2.45) is 0 Å². The molecule has 0 aliphatic carbocycles. The highest BCUT2D eigenvalue weighted by Gasteiger charge is 2.16. The molecule has 0 fully saturated rings. The first kappa shape index (κ1) is 13.7. The number of aliphatic hydroxyl groups is 1. The van der Waals surface area contributed by atoms with Gasteiger partial charge in [0.05, 0.1) is 12.7 Å². The molecular weight excluding hydrogens is 220 g/mol. The molecule has 1 heterocycles.